The Hall–Kier alpha value is -3.31. The van der Waals surface area contributed by atoms with E-state index in [-0.39, 0.29) is 38.0 Å². The van der Waals surface area contributed by atoms with E-state index < -0.39 is 17.9 Å². The van der Waals surface area contributed by atoms with Gasteiger partial charge in [0, 0.05) is 26.6 Å². The van der Waals surface area contributed by atoms with E-state index >= 15 is 0 Å². The van der Waals surface area contributed by atoms with Gasteiger partial charge in [-0.1, -0.05) is 48.0 Å². The summed E-state index contributed by atoms with van der Waals surface area (Å²) in [4.78, 5) is 22.9. The van der Waals surface area contributed by atoms with Crippen molar-refractivity contribution in [3.8, 4) is 33.8 Å². The monoisotopic (exact) mass is 583 g/mol. The Morgan fingerprint density at radius 1 is 0.833 bits per heavy atom. The molecule has 0 fully saturated rings. The average molecular weight is 583 g/mol. The normalized spacial score (nSPS) is 10.3. The SMILES string of the molecule is O=C(O)c1cccc(-c2cccc(-c3cccc(-c4[c-]cc(F)nc4F)n3)c2)n1.[Pt]. The first kappa shape index (κ1) is 21.4. The number of rotatable bonds is 4. The molecule has 0 unspecified atom stereocenters. The minimum atomic E-state index is -1.11. The number of halogens is 2. The molecule has 0 amide bonds. The molecule has 0 aliphatic rings. The fourth-order valence-electron chi connectivity index (χ4n) is 2.84. The summed E-state index contributed by atoms with van der Waals surface area (Å²) in [5, 5.41) is 9.13. The molecule has 5 nitrogen and oxygen atoms in total. The number of hydrogen-bond acceptors (Lipinski definition) is 4. The molecule has 3 aromatic heterocycles. The molecule has 30 heavy (non-hydrogen) atoms. The van der Waals surface area contributed by atoms with Gasteiger partial charge in [0.1, 0.15) is 17.6 Å². The summed E-state index contributed by atoms with van der Waals surface area (Å²) in [5.74, 6) is -3.05. The van der Waals surface area contributed by atoms with E-state index in [0.717, 1.165) is 11.6 Å². The van der Waals surface area contributed by atoms with Crippen molar-refractivity contribution in [2.75, 3.05) is 0 Å². The Morgan fingerprint density at radius 3 is 2.10 bits per heavy atom. The van der Waals surface area contributed by atoms with Crippen LogP contribution >= 0.6 is 0 Å². The van der Waals surface area contributed by atoms with E-state index in [9.17, 15) is 13.6 Å². The summed E-state index contributed by atoms with van der Waals surface area (Å²) in [6, 6.07) is 20.5. The van der Waals surface area contributed by atoms with Gasteiger partial charge in [-0.25, -0.2) is 18.6 Å². The van der Waals surface area contributed by atoms with Crippen LogP contribution in [0.15, 0.2) is 66.7 Å². The van der Waals surface area contributed by atoms with Crippen molar-refractivity contribution in [2.45, 2.75) is 0 Å². The van der Waals surface area contributed by atoms with E-state index in [0.29, 0.717) is 17.0 Å². The zero-order valence-corrected chi connectivity index (χ0v) is 17.4. The first-order chi connectivity index (χ1) is 14.0. The Bertz CT molecular complexity index is 1230. The van der Waals surface area contributed by atoms with Crippen molar-refractivity contribution in [1.82, 2.24) is 15.0 Å². The molecule has 0 aliphatic carbocycles. The molecular weight excluding hydrogens is 571 g/mol. The number of carbonyl (C=O) groups is 1. The molecule has 0 saturated heterocycles. The second-order valence-corrected chi connectivity index (χ2v) is 6.09. The number of aromatic carboxylic acids is 1. The maximum atomic E-state index is 14.0. The summed E-state index contributed by atoms with van der Waals surface area (Å²) in [6.07, 6.45) is 0. The molecular formula is C22H12F2N3O2Pt-. The molecule has 4 rings (SSSR count). The van der Waals surface area contributed by atoms with E-state index in [4.69, 9.17) is 5.11 Å². The van der Waals surface area contributed by atoms with Gasteiger partial charge in [0.2, 0.25) is 0 Å². The molecule has 8 heteroatoms. The van der Waals surface area contributed by atoms with Gasteiger partial charge in [-0.05, 0) is 35.5 Å². The fourth-order valence-corrected chi connectivity index (χ4v) is 2.84. The number of hydrogen-bond donors (Lipinski definition) is 1. The first-order valence-electron chi connectivity index (χ1n) is 8.53. The second-order valence-electron chi connectivity index (χ2n) is 6.09. The predicted molar refractivity (Wildman–Crippen MR) is 102 cm³/mol. The fraction of sp³-hybridized carbons (Fsp3) is 0. The Morgan fingerprint density at radius 2 is 1.43 bits per heavy atom. The number of carboxylic acids is 1. The van der Waals surface area contributed by atoms with Crippen LogP contribution in [-0.2, 0) is 21.1 Å². The van der Waals surface area contributed by atoms with Crippen LogP contribution in [0.25, 0.3) is 33.8 Å². The van der Waals surface area contributed by atoms with Gasteiger partial charge in [-0.15, -0.1) is 6.07 Å². The van der Waals surface area contributed by atoms with Crippen LogP contribution in [0, 0.1) is 18.0 Å². The quantitative estimate of drug-likeness (QED) is 0.280. The second kappa shape index (κ2) is 9.01. The number of carboxylic acid groups (broad SMARTS) is 1. The zero-order chi connectivity index (χ0) is 20.4. The van der Waals surface area contributed by atoms with Crippen molar-refractivity contribution in [1.29, 1.82) is 0 Å². The van der Waals surface area contributed by atoms with Crippen LogP contribution in [0.4, 0.5) is 8.78 Å². The van der Waals surface area contributed by atoms with Crippen molar-refractivity contribution >= 4 is 5.97 Å². The predicted octanol–water partition coefficient (Wildman–Crippen LogP) is 4.65. The largest absolute Gasteiger partial charge is 0.477 e. The van der Waals surface area contributed by atoms with E-state index in [2.05, 4.69) is 21.0 Å². The van der Waals surface area contributed by atoms with Crippen LogP contribution in [0.5, 0.6) is 0 Å². The van der Waals surface area contributed by atoms with Crippen LogP contribution in [0.2, 0.25) is 0 Å². The summed E-state index contributed by atoms with van der Waals surface area (Å²) in [6.45, 7) is 0. The van der Waals surface area contributed by atoms with Crippen molar-refractivity contribution in [3.05, 3.63) is 90.4 Å². The molecule has 0 bridgehead atoms. The van der Waals surface area contributed by atoms with Crippen LogP contribution in [0.3, 0.4) is 0 Å². The number of pyridine rings is 3. The molecule has 0 spiro atoms. The van der Waals surface area contributed by atoms with E-state index in [1.807, 2.05) is 12.1 Å². The third-order valence-electron chi connectivity index (χ3n) is 4.17. The molecule has 3 heterocycles. The summed E-state index contributed by atoms with van der Waals surface area (Å²) in [5.41, 5.74) is 2.68. The van der Waals surface area contributed by atoms with Crippen LogP contribution in [0.1, 0.15) is 10.5 Å². The molecule has 0 atom stereocenters. The van der Waals surface area contributed by atoms with Gasteiger partial charge in [0.15, 0.2) is 0 Å². The smallest absolute Gasteiger partial charge is 0.354 e. The van der Waals surface area contributed by atoms with Gasteiger partial charge >= 0.3 is 5.97 Å². The molecule has 1 N–H and O–H groups in total. The Labute approximate surface area is 184 Å². The maximum Gasteiger partial charge on any atom is 0.354 e. The first-order valence-corrected chi connectivity index (χ1v) is 8.53. The van der Waals surface area contributed by atoms with Crippen LogP contribution < -0.4 is 0 Å². The van der Waals surface area contributed by atoms with Crippen LogP contribution in [-0.4, -0.2) is 26.0 Å². The van der Waals surface area contributed by atoms with Gasteiger partial charge in [0.05, 0.1) is 11.4 Å². The van der Waals surface area contributed by atoms with Gasteiger partial charge in [-0.2, -0.15) is 0 Å². The van der Waals surface area contributed by atoms with Gasteiger partial charge in [-0.3, -0.25) is 9.97 Å². The third-order valence-corrected chi connectivity index (χ3v) is 4.17. The standard InChI is InChI=1S/C22H12F2N3O2.Pt/c23-20-11-10-15(21(24)27-20)18-8-2-6-16(25-18)13-4-1-5-14(12-13)17-7-3-9-19(26-17)22(28)29;/h1-9,11-12H,(H,28,29);/q-1;. The van der Waals surface area contributed by atoms with Crippen molar-refractivity contribution in [3.63, 3.8) is 0 Å². The minimum Gasteiger partial charge on any atom is -0.477 e. The topological polar surface area (TPSA) is 76.0 Å². The molecule has 1 aromatic carbocycles. The molecule has 0 saturated carbocycles. The molecule has 4 aromatic rings. The van der Waals surface area contributed by atoms with Crippen molar-refractivity contribution in [2.24, 2.45) is 0 Å². The molecule has 0 aliphatic heterocycles. The van der Waals surface area contributed by atoms with Gasteiger partial charge in [0.25, 0.3) is 0 Å². The molecule has 152 valence electrons. The Kier molecular flexibility index (Phi) is 6.43. The maximum absolute atomic E-state index is 14.0. The molecule has 0 radical (unpaired) electrons. The summed E-state index contributed by atoms with van der Waals surface area (Å²) >= 11 is 0. The average Bonchev–Trinajstić information content (AvgIpc) is 2.74. The van der Waals surface area contributed by atoms with Gasteiger partial charge < -0.3 is 5.11 Å². The summed E-state index contributed by atoms with van der Waals surface area (Å²) in [7, 11) is 0. The number of aromatic nitrogens is 3. The Balaban J connectivity index is 0.00000256. The zero-order valence-electron chi connectivity index (χ0n) is 15.1. The number of benzene rings is 1. The summed E-state index contributed by atoms with van der Waals surface area (Å²) < 4.78 is 27.0. The van der Waals surface area contributed by atoms with Crippen molar-refractivity contribution < 1.29 is 39.7 Å². The van der Waals surface area contributed by atoms with E-state index in [1.165, 1.54) is 6.07 Å². The third kappa shape index (κ3) is 4.47. The minimum absolute atomic E-state index is 0. The van der Waals surface area contributed by atoms with E-state index in [1.54, 1.807) is 42.5 Å². The number of nitrogens with zero attached hydrogens (tertiary/aromatic N) is 3.